The van der Waals surface area contributed by atoms with Crippen LogP contribution in [-0.2, 0) is 11.2 Å². The molecule has 2 aromatic rings. The number of aromatic hydroxyl groups is 1. The van der Waals surface area contributed by atoms with Crippen LogP contribution in [0.1, 0.15) is 139 Å². The van der Waals surface area contributed by atoms with Gasteiger partial charge in [-0.1, -0.05) is 106 Å². The van der Waals surface area contributed by atoms with Crippen molar-refractivity contribution in [1.29, 1.82) is 0 Å². The molecule has 3 aliphatic rings. The van der Waals surface area contributed by atoms with E-state index in [-0.39, 0.29) is 48.4 Å². The summed E-state index contributed by atoms with van der Waals surface area (Å²) in [7, 11) is 0. The number of carboxylic acid groups (broad SMARTS) is 1. The van der Waals surface area contributed by atoms with Crippen molar-refractivity contribution in [2.24, 2.45) is 11.3 Å². The number of aliphatic hydroxyl groups excluding tert-OH is 3. The number of rotatable bonds is 16. The number of carboxylic acids is 1. The zero-order chi connectivity index (χ0) is 39.4. The Morgan fingerprint density at radius 2 is 1.76 bits per heavy atom. The summed E-state index contributed by atoms with van der Waals surface area (Å²) in [6.45, 7) is 3.73. The first-order valence-corrected chi connectivity index (χ1v) is 20.9. The normalized spacial score (nSPS) is 26.6. The van der Waals surface area contributed by atoms with Gasteiger partial charge < -0.3 is 36.0 Å². The molecule has 8 heteroatoms. The van der Waals surface area contributed by atoms with Crippen LogP contribution in [0.3, 0.4) is 0 Å². The number of unbranched alkanes of at least 4 members (excludes halogenated alkanes) is 2. The van der Waals surface area contributed by atoms with Gasteiger partial charge >= 0.3 is 5.97 Å². The third kappa shape index (κ3) is 11.8. The van der Waals surface area contributed by atoms with E-state index in [0.717, 1.165) is 92.9 Å². The Balaban J connectivity index is 1.66. The predicted octanol–water partition coefficient (Wildman–Crippen LogP) is 7.68. The van der Waals surface area contributed by atoms with Gasteiger partial charge in [0.1, 0.15) is 5.75 Å². The molecule has 5 rings (SSSR count). The number of fused-ring (bicyclic) bond motifs is 5. The summed E-state index contributed by atoms with van der Waals surface area (Å²) in [4.78, 5) is 12.0. The van der Waals surface area contributed by atoms with Crippen LogP contribution in [0.4, 0.5) is 0 Å². The Morgan fingerprint density at radius 3 is 2.47 bits per heavy atom. The number of phenolic OH excluding ortho intramolecular Hbond substituents is 1. The molecule has 0 amide bonds. The number of benzene rings is 2. The number of β-amino-alcohol motifs (C(OH)–C–C–N with tert-alkyl or cyclic N) is 1. The monoisotopic (exact) mass is 755 g/mol. The molecule has 300 valence electrons. The highest BCUT2D eigenvalue weighted by Crippen LogP contribution is 2.46. The summed E-state index contributed by atoms with van der Waals surface area (Å²) in [5.41, 5.74) is 3.58. The minimum absolute atomic E-state index is 0.00599. The molecule has 55 heavy (non-hydrogen) atoms. The molecule has 0 radical (unpaired) electrons. The second-order valence-electron chi connectivity index (χ2n) is 17.0. The summed E-state index contributed by atoms with van der Waals surface area (Å²) < 4.78 is 0. The molecule has 0 saturated heterocycles. The molecular weight excluding hydrogens is 691 g/mol. The molecule has 0 spiro atoms. The average molecular weight is 756 g/mol. The summed E-state index contributed by atoms with van der Waals surface area (Å²) >= 11 is 0. The number of nitrogens with one attached hydrogen (secondary N) is 1. The number of hydrogen-bond acceptors (Lipinski definition) is 7. The van der Waals surface area contributed by atoms with E-state index < -0.39 is 36.3 Å². The Hall–Kier alpha value is -3.45. The Morgan fingerprint density at radius 1 is 1.02 bits per heavy atom. The molecule has 1 fully saturated rings. The molecule has 0 aromatic heterocycles. The molecular formula is C47H65NO7. The smallest absolute Gasteiger partial charge is 0.303 e. The maximum absolute atomic E-state index is 12.3. The fourth-order valence-electron chi connectivity index (χ4n) is 9.55. The molecule has 1 heterocycles. The minimum atomic E-state index is -1.33. The van der Waals surface area contributed by atoms with E-state index in [4.69, 9.17) is 0 Å². The van der Waals surface area contributed by atoms with Crippen LogP contribution in [0.25, 0.3) is 0 Å². The van der Waals surface area contributed by atoms with Gasteiger partial charge in [0.2, 0.25) is 0 Å². The SMILES string of the molecule is CCCCCC(O)C=CC1=C(CC(O)CO)C2NCC(C)(O)C(c3ccc(O)cc3)C#CC(CC2CCCC2(CC(=O)O)CCCC2)c2ccccc2CC1. The maximum Gasteiger partial charge on any atom is 0.303 e. The lowest BCUT2D eigenvalue weighted by molar-refractivity contribution is -0.139. The number of carbonyl (C=O) groups is 1. The molecule has 8 nitrogen and oxygen atoms in total. The van der Waals surface area contributed by atoms with Gasteiger partial charge in [0.05, 0.1) is 36.8 Å². The first-order valence-electron chi connectivity index (χ1n) is 20.9. The van der Waals surface area contributed by atoms with Crippen LogP contribution in [-0.4, -0.2) is 73.6 Å². The third-order valence-electron chi connectivity index (χ3n) is 12.6. The van der Waals surface area contributed by atoms with Crippen molar-refractivity contribution in [2.75, 3.05) is 13.2 Å². The quantitative estimate of drug-likeness (QED) is 0.0682. The Kier molecular flexibility index (Phi) is 15.6. The van der Waals surface area contributed by atoms with Crippen molar-refractivity contribution in [3.63, 3.8) is 0 Å². The van der Waals surface area contributed by atoms with Crippen molar-refractivity contribution < 1.29 is 35.4 Å². The minimum Gasteiger partial charge on any atom is -0.508 e. The van der Waals surface area contributed by atoms with Crippen molar-refractivity contribution in [3.8, 4) is 17.6 Å². The van der Waals surface area contributed by atoms with Crippen molar-refractivity contribution in [3.05, 3.63) is 88.5 Å². The van der Waals surface area contributed by atoms with Crippen LogP contribution >= 0.6 is 0 Å². The summed E-state index contributed by atoms with van der Waals surface area (Å²) in [5.74, 6) is 5.85. The van der Waals surface area contributed by atoms with Crippen LogP contribution in [0, 0.1) is 23.2 Å². The highest BCUT2D eigenvalue weighted by molar-refractivity contribution is 5.67. The van der Waals surface area contributed by atoms with Crippen LogP contribution < -0.4 is 5.32 Å². The van der Waals surface area contributed by atoms with E-state index in [0.29, 0.717) is 19.3 Å². The number of phenols is 1. The van der Waals surface area contributed by atoms with Gasteiger partial charge in [-0.15, -0.1) is 0 Å². The first-order chi connectivity index (χ1) is 26.4. The largest absolute Gasteiger partial charge is 0.508 e. The number of aryl methyl sites for hydroxylation is 1. The Labute approximate surface area is 328 Å². The van der Waals surface area contributed by atoms with Crippen molar-refractivity contribution in [2.45, 2.75) is 152 Å². The lowest BCUT2D eigenvalue weighted by Crippen LogP contribution is -2.50. The fourth-order valence-corrected chi connectivity index (χ4v) is 9.55. The van der Waals surface area contributed by atoms with Gasteiger partial charge in [0.25, 0.3) is 0 Å². The maximum atomic E-state index is 12.3. The highest BCUT2D eigenvalue weighted by atomic mass is 16.4. The summed E-state index contributed by atoms with van der Waals surface area (Å²) in [6.07, 6.45) is 14.9. The molecule has 7 N–H and O–H groups in total. The number of aliphatic hydroxyl groups is 4. The van der Waals surface area contributed by atoms with Crippen LogP contribution in [0.15, 0.2) is 71.8 Å². The zero-order valence-electron chi connectivity index (χ0n) is 33.1. The Bertz CT molecular complexity index is 1660. The van der Waals surface area contributed by atoms with Gasteiger partial charge in [-0.05, 0) is 116 Å². The van der Waals surface area contributed by atoms with Crippen LogP contribution in [0.5, 0.6) is 5.75 Å². The molecule has 1 saturated carbocycles. The summed E-state index contributed by atoms with van der Waals surface area (Å²) in [6, 6.07) is 15.0. The van der Waals surface area contributed by atoms with Crippen molar-refractivity contribution in [1.82, 2.24) is 5.32 Å². The number of aliphatic carboxylic acids is 1. The zero-order valence-corrected chi connectivity index (χ0v) is 33.1. The molecule has 1 aliphatic heterocycles. The highest BCUT2D eigenvalue weighted by Gasteiger charge is 2.39. The second kappa shape index (κ2) is 20.1. The third-order valence-corrected chi connectivity index (χ3v) is 12.6. The van der Waals surface area contributed by atoms with E-state index in [2.05, 4.69) is 48.3 Å². The standard InChI is InChI=1S/C47H65NO7/c1-3-4-5-13-38(50)21-17-34-16-15-33-11-6-7-14-41(33)36-20-24-43(35-18-22-39(51)23-19-35)46(2,55)32-48-45(42(34)29-40(52)31-49)37(28-36)12-10-27-47(30-44(53)54)25-8-9-26-47/h6-7,11,14,17-19,21-23,36-38,40,43,45,48-52,55H,3-5,8-10,12-13,15-16,25-32H2,1-2H3,(H,53,54). The predicted molar refractivity (Wildman–Crippen MR) is 218 cm³/mol. The molecule has 2 aromatic carbocycles. The average Bonchev–Trinajstić information content (AvgIpc) is 3.61. The van der Waals surface area contributed by atoms with Crippen molar-refractivity contribution >= 4 is 5.97 Å². The lowest BCUT2D eigenvalue weighted by atomic mass is 9.72. The second-order valence-corrected chi connectivity index (χ2v) is 17.0. The van der Waals surface area contributed by atoms with E-state index >= 15 is 0 Å². The van der Waals surface area contributed by atoms with E-state index in [1.54, 1.807) is 19.1 Å². The van der Waals surface area contributed by atoms with Gasteiger partial charge in [0, 0.05) is 18.5 Å². The van der Waals surface area contributed by atoms with E-state index in [1.165, 1.54) is 5.56 Å². The van der Waals surface area contributed by atoms with E-state index in [9.17, 15) is 35.4 Å². The number of hydrogen-bond donors (Lipinski definition) is 7. The van der Waals surface area contributed by atoms with Gasteiger partial charge in [-0.2, -0.15) is 0 Å². The fraction of sp³-hybridized carbons (Fsp3) is 0.596. The lowest BCUT2D eigenvalue weighted by Gasteiger charge is -2.40. The van der Waals surface area contributed by atoms with Gasteiger partial charge in [-0.25, -0.2) is 0 Å². The van der Waals surface area contributed by atoms with Gasteiger partial charge in [0.15, 0.2) is 0 Å². The number of allylic oxidation sites excluding steroid dienone is 2. The topological polar surface area (TPSA) is 150 Å². The molecule has 2 bridgehead atoms. The van der Waals surface area contributed by atoms with Crippen LogP contribution in [0.2, 0.25) is 0 Å². The molecule has 7 unspecified atom stereocenters. The molecule has 7 atom stereocenters. The first kappa shape index (κ1) is 42.7. The van der Waals surface area contributed by atoms with Gasteiger partial charge in [-0.3, -0.25) is 4.79 Å². The molecule has 2 aliphatic carbocycles. The van der Waals surface area contributed by atoms with E-state index in [1.807, 2.05) is 24.3 Å². The summed E-state index contributed by atoms with van der Waals surface area (Å²) in [5, 5.41) is 68.5.